The second-order valence-electron chi connectivity index (χ2n) is 3.52. The van der Waals surface area contributed by atoms with Gasteiger partial charge in [-0.3, -0.25) is 10.3 Å². The molecule has 0 unspecified atom stereocenters. The summed E-state index contributed by atoms with van der Waals surface area (Å²) in [5.41, 5.74) is 6.14. The topological polar surface area (TPSA) is 49.5 Å². The Bertz CT molecular complexity index is 501. The predicted octanol–water partition coefficient (Wildman–Crippen LogP) is 2.65. The van der Waals surface area contributed by atoms with Gasteiger partial charge in [0.1, 0.15) is 0 Å². The summed E-state index contributed by atoms with van der Waals surface area (Å²) < 4.78 is 0. The molecule has 2 rings (SSSR count). The highest BCUT2D eigenvalue weighted by atomic mass is 35.5. The lowest BCUT2D eigenvalue weighted by atomic mass is 10.1. The number of nitrogens with two attached hydrogens (primary N) is 1. The van der Waals surface area contributed by atoms with Crippen LogP contribution < -0.4 is 10.8 Å². The third kappa shape index (κ3) is 1.97. The van der Waals surface area contributed by atoms with E-state index in [1.165, 1.54) is 0 Å². The summed E-state index contributed by atoms with van der Waals surface area (Å²) in [7, 11) is 0. The second-order valence-corrected chi connectivity index (χ2v) is 3.93. The molecular weight excluding hydrogens is 224 g/mol. The van der Waals surface area contributed by atoms with Crippen molar-refractivity contribution in [3.63, 3.8) is 0 Å². The van der Waals surface area contributed by atoms with Gasteiger partial charge in [0.2, 0.25) is 0 Å². The van der Waals surface area contributed by atoms with Crippen LogP contribution in [0.25, 0.3) is 10.8 Å². The zero-order valence-electron chi connectivity index (χ0n) is 8.73. The Balaban J connectivity index is 2.58. The van der Waals surface area contributed by atoms with Crippen LogP contribution in [0, 0.1) is 0 Å². The average molecular weight is 237 g/mol. The maximum Gasteiger partial charge on any atom is 0.0713 e. The molecule has 4 heteroatoms. The molecule has 16 heavy (non-hydrogen) atoms. The summed E-state index contributed by atoms with van der Waals surface area (Å²) in [5, 5.41) is 13.5. The minimum absolute atomic E-state index is 0.394. The highest BCUT2D eigenvalue weighted by molar-refractivity contribution is 6.35. The Hall–Kier alpha value is -1.29. The monoisotopic (exact) mass is 236 g/mol. The standard InChI is InChI=1S/C12H13ClN2O/c13-11-5-1-4-10-9(11)3-2-6-12(10)15(16)8-7-14/h1-6,16H,7-8,14H2. The Morgan fingerprint density at radius 2 is 1.81 bits per heavy atom. The van der Waals surface area contributed by atoms with Crippen LogP contribution in [0.5, 0.6) is 0 Å². The fourth-order valence-corrected chi connectivity index (χ4v) is 1.96. The first kappa shape index (κ1) is 11.2. The van der Waals surface area contributed by atoms with Crippen molar-refractivity contribution >= 4 is 28.1 Å². The van der Waals surface area contributed by atoms with Crippen LogP contribution in [-0.2, 0) is 0 Å². The number of benzene rings is 2. The summed E-state index contributed by atoms with van der Waals surface area (Å²) in [5.74, 6) is 0. The number of anilines is 1. The molecule has 0 amide bonds. The van der Waals surface area contributed by atoms with Crippen molar-refractivity contribution in [3.05, 3.63) is 41.4 Å². The molecule has 0 atom stereocenters. The number of hydroxylamine groups is 1. The van der Waals surface area contributed by atoms with Gasteiger partial charge in [0.15, 0.2) is 0 Å². The normalized spacial score (nSPS) is 10.7. The van der Waals surface area contributed by atoms with Gasteiger partial charge in [-0.2, -0.15) is 0 Å². The van der Waals surface area contributed by atoms with Crippen LogP contribution in [0.1, 0.15) is 0 Å². The van der Waals surface area contributed by atoms with E-state index in [0.29, 0.717) is 18.1 Å². The van der Waals surface area contributed by atoms with Gasteiger partial charge in [-0.05, 0) is 12.1 Å². The number of nitrogens with zero attached hydrogens (tertiary/aromatic N) is 1. The molecular formula is C12H13ClN2O. The molecule has 0 aromatic heterocycles. The summed E-state index contributed by atoms with van der Waals surface area (Å²) in [6.45, 7) is 0.791. The van der Waals surface area contributed by atoms with Crippen molar-refractivity contribution in [2.24, 2.45) is 5.73 Å². The number of hydrogen-bond donors (Lipinski definition) is 2. The number of hydrogen-bond acceptors (Lipinski definition) is 3. The fraction of sp³-hybridized carbons (Fsp3) is 0.167. The van der Waals surface area contributed by atoms with Gasteiger partial charge in [-0.1, -0.05) is 35.9 Å². The van der Waals surface area contributed by atoms with Crippen LogP contribution >= 0.6 is 11.6 Å². The van der Waals surface area contributed by atoms with E-state index in [-0.39, 0.29) is 0 Å². The molecule has 3 nitrogen and oxygen atoms in total. The molecule has 0 aliphatic carbocycles. The molecule has 0 aliphatic heterocycles. The third-order valence-corrected chi connectivity index (χ3v) is 2.79. The van der Waals surface area contributed by atoms with Crippen molar-refractivity contribution in [2.75, 3.05) is 18.2 Å². The quantitative estimate of drug-likeness (QED) is 0.806. The maximum atomic E-state index is 9.82. The van der Waals surface area contributed by atoms with Gasteiger partial charge in [-0.25, -0.2) is 0 Å². The minimum Gasteiger partial charge on any atom is -0.329 e. The van der Waals surface area contributed by atoms with Gasteiger partial charge < -0.3 is 5.73 Å². The number of halogens is 1. The zero-order chi connectivity index (χ0) is 11.5. The van der Waals surface area contributed by atoms with Crippen molar-refractivity contribution in [2.45, 2.75) is 0 Å². The molecule has 0 aliphatic rings. The lowest BCUT2D eigenvalue weighted by Crippen LogP contribution is -2.25. The lowest BCUT2D eigenvalue weighted by molar-refractivity contribution is 0.258. The van der Waals surface area contributed by atoms with Crippen LogP contribution in [0.4, 0.5) is 5.69 Å². The molecule has 0 bridgehead atoms. The number of fused-ring (bicyclic) bond motifs is 1. The van der Waals surface area contributed by atoms with E-state index in [4.69, 9.17) is 17.3 Å². The zero-order valence-corrected chi connectivity index (χ0v) is 9.48. The van der Waals surface area contributed by atoms with E-state index in [0.717, 1.165) is 21.5 Å². The van der Waals surface area contributed by atoms with E-state index in [9.17, 15) is 5.21 Å². The van der Waals surface area contributed by atoms with Crippen LogP contribution in [0.3, 0.4) is 0 Å². The van der Waals surface area contributed by atoms with Gasteiger partial charge in [0.05, 0.1) is 12.2 Å². The van der Waals surface area contributed by atoms with Gasteiger partial charge in [0, 0.05) is 22.3 Å². The summed E-state index contributed by atoms with van der Waals surface area (Å²) in [4.78, 5) is 0. The molecule has 2 aromatic rings. The minimum atomic E-state index is 0.394. The maximum absolute atomic E-state index is 9.82. The molecule has 0 fully saturated rings. The van der Waals surface area contributed by atoms with Crippen molar-refractivity contribution in [1.29, 1.82) is 0 Å². The number of rotatable bonds is 3. The van der Waals surface area contributed by atoms with Crippen LogP contribution in [0.15, 0.2) is 36.4 Å². The lowest BCUT2D eigenvalue weighted by Gasteiger charge is -2.18. The van der Waals surface area contributed by atoms with E-state index in [1.54, 1.807) is 0 Å². The highest BCUT2D eigenvalue weighted by Gasteiger charge is 2.07. The second kappa shape index (κ2) is 4.70. The molecule has 3 N–H and O–H groups in total. The molecule has 0 radical (unpaired) electrons. The van der Waals surface area contributed by atoms with Gasteiger partial charge in [-0.15, -0.1) is 0 Å². The molecule has 84 valence electrons. The largest absolute Gasteiger partial charge is 0.329 e. The van der Waals surface area contributed by atoms with E-state index < -0.39 is 0 Å². The first-order valence-electron chi connectivity index (χ1n) is 5.08. The SMILES string of the molecule is NCCN(O)c1cccc2c(Cl)cccc12. The van der Waals surface area contributed by atoms with Crippen LogP contribution in [0.2, 0.25) is 5.02 Å². The molecule has 0 saturated heterocycles. The summed E-state index contributed by atoms with van der Waals surface area (Å²) in [6.07, 6.45) is 0. The van der Waals surface area contributed by atoms with Crippen molar-refractivity contribution in [1.82, 2.24) is 0 Å². The van der Waals surface area contributed by atoms with Crippen LogP contribution in [-0.4, -0.2) is 18.3 Å². The smallest absolute Gasteiger partial charge is 0.0713 e. The van der Waals surface area contributed by atoms with Crippen molar-refractivity contribution < 1.29 is 5.21 Å². The highest BCUT2D eigenvalue weighted by Crippen LogP contribution is 2.30. The third-order valence-electron chi connectivity index (χ3n) is 2.46. The van der Waals surface area contributed by atoms with Crippen molar-refractivity contribution in [3.8, 4) is 0 Å². The Morgan fingerprint density at radius 1 is 1.12 bits per heavy atom. The first-order chi connectivity index (χ1) is 7.74. The molecule has 0 heterocycles. The van der Waals surface area contributed by atoms with Gasteiger partial charge in [0.25, 0.3) is 0 Å². The van der Waals surface area contributed by atoms with E-state index >= 15 is 0 Å². The molecule has 0 spiro atoms. The summed E-state index contributed by atoms with van der Waals surface area (Å²) in [6, 6.07) is 11.3. The van der Waals surface area contributed by atoms with Gasteiger partial charge >= 0.3 is 0 Å². The van der Waals surface area contributed by atoms with E-state index in [1.807, 2.05) is 36.4 Å². The Morgan fingerprint density at radius 3 is 2.56 bits per heavy atom. The first-order valence-corrected chi connectivity index (χ1v) is 5.45. The average Bonchev–Trinajstić information content (AvgIpc) is 2.29. The molecule has 0 saturated carbocycles. The fourth-order valence-electron chi connectivity index (χ4n) is 1.72. The predicted molar refractivity (Wildman–Crippen MR) is 67.1 cm³/mol. The molecule has 2 aromatic carbocycles. The Kier molecular flexibility index (Phi) is 3.29. The summed E-state index contributed by atoms with van der Waals surface area (Å²) >= 11 is 6.09. The van der Waals surface area contributed by atoms with E-state index in [2.05, 4.69) is 0 Å². The Labute approximate surface area is 99.0 Å².